The minimum Gasteiger partial charge on any atom is -0.506 e. The fourth-order valence-electron chi connectivity index (χ4n) is 1.50. The van der Waals surface area contributed by atoms with Gasteiger partial charge in [0.15, 0.2) is 0 Å². The van der Waals surface area contributed by atoms with Crippen LogP contribution in [0.1, 0.15) is 10.4 Å². The second-order valence-corrected chi connectivity index (χ2v) is 5.52. The maximum Gasteiger partial charge on any atom is 0.259 e. The first-order valence-electron chi connectivity index (χ1n) is 5.22. The van der Waals surface area contributed by atoms with Crippen molar-refractivity contribution in [2.75, 3.05) is 5.32 Å². The molecule has 6 heteroatoms. The molecule has 2 rings (SSSR count). The molecule has 0 bridgehead atoms. The van der Waals surface area contributed by atoms with E-state index in [4.69, 9.17) is 0 Å². The lowest BCUT2D eigenvalue weighted by atomic mass is 10.2. The number of carbonyl (C=O) groups is 1. The van der Waals surface area contributed by atoms with Gasteiger partial charge in [-0.1, -0.05) is 22.0 Å². The van der Waals surface area contributed by atoms with Gasteiger partial charge in [0.05, 0.1) is 10.0 Å². The summed E-state index contributed by atoms with van der Waals surface area (Å²) in [6.07, 6.45) is 0. The van der Waals surface area contributed by atoms with Crippen LogP contribution in [0.3, 0.4) is 0 Å². The fraction of sp³-hybridized carbons (Fsp3) is 0. The summed E-state index contributed by atoms with van der Waals surface area (Å²) < 4.78 is 14.0. The molecule has 1 amide bonds. The molecule has 0 aliphatic carbocycles. The molecular formula is C13H8Br2FNO2. The zero-order chi connectivity index (χ0) is 14.0. The van der Waals surface area contributed by atoms with Gasteiger partial charge in [0.1, 0.15) is 11.6 Å². The van der Waals surface area contributed by atoms with Gasteiger partial charge in [0.2, 0.25) is 0 Å². The van der Waals surface area contributed by atoms with E-state index in [-0.39, 0.29) is 11.3 Å². The third kappa shape index (κ3) is 3.33. The van der Waals surface area contributed by atoms with Crippen LogP contribution in [0.2, 0.25) is 0 Å². The largest absolute Gasteiger partial charge is 0.506 e. The Morgan fingerprint density at radius 2 is 1.95 bits per heavy atom. The third-order valence-electron chi connectivity index (χ3n) is 2.36. The highest BCUT2D eigenvalue weighted by Gasteiger charge is 2.15. The Morgan fingerprint density at radius 3 is 2.63 bits per heavy atom. The van der Waals surface area contributed by atoms with Crippen molar-refractivity contribution < 1.29 is 14.3 Å². The molecule has 0 atom stereocenters. The van der Waals surface area contributed by atoms with Gasteiger partial charge in [-0.25, -0.2) is 4.39 Å². The summed E-state index contributed by atoms with van der Waals surface area (Å²) in [5.41, 5.74) is 0.408. The summed E-state index contributed by atoms with van der Waals surface area (Å²) in [6.45, 7) is 0. The highest BCUT2D eigenvalue weighted by atomic mass is 79.9. The first-order chi connectivity index (χ1) is 8.97. The van der Waals surface area contributed by atoms with Crippen LogP contribution in [0.5, 0.6) is 5.75 Å². The molecule has 0 unspecified atom stereocenters. The number of phenolic OH excluding ortho intramolecular Hbond substituents is 1. The Hall–Kier alpha value is -1.40. The van der Waals surface area contributed by atoms with Crippen molar-refractivity contribution in [3.05, 3.63) is 56.7 Å². The second kappa shape index (κ2) is 5.71. The molecule has 98 valence electrons. The fourth-order valence-corrected chi connectivity index (χ4v) is 2.73. The molecule has 3 nitrogen and oxygen atoms in total. The number of carbonyl (C=O) groups excluding carboxylic acids is 1. The van der Waals surface area contributed by atoms with E-state index in [1.54, 1.807) is 12.1 Å². The van der Waals surface area contributed by atoms with Crippen LogP contribution in [0, 0.1) is 5.82 Å². The molecule has 0 aromatic heterocycles. The van der Waals surface area contributed by atoms with Crippen LogP contribution in [0.25, 0.3) is 0 Å². The van der Waals surface area contributed by atoms with Crippen molar-refractivity contribution >= 4 is 43.5 Å². The molecule has 19 heavy (non-hydrogen) atoms. The first-order valence-corrected chi connectivity index (χ1v) is 6.81. The number of hydrogen-bond acceptors (Lipinski definition) is 2. The van der Waals surface area contributed by atoms with Crippen LogP contribution >= 0.6 is 31.9 Å². The highest BCUT2D eigenvalue weighted by Crippen LogP contribution is 2.32. The molecule has 0 heterocycles. The highest BCUT2D eigenvalue weighted by molar-refractivity contribution is 9.11. The number of nitrogens with one attached hydrogen (secondary N) is 1. The normalized spacial score (nSPS) is 10.3. The number of anilines is 1. The molecule has 2 aromatic carbocycles. The van der Waals surface area contributed by atoms with E-state index < -0.39 is 11.7 Å². The van der Waals surface area contributed by atoms with E-state index in [0.717, 1.165) is 0 Å². The standard InChI is InChI=1S/C13H8Br2FNO2/c14-7-4-10(12(18)11(15)5-7)13(19)17-9-3-1-2-8(16)6-9/h1-6,18H,(H,17,19). The van der Waals surface area contributed by atoms with Crippen molar-refractivity contribution in [1.82, 2.24) is 0 Å². The Bertz CT molecular complexity index is 647. The smallest absolute Gasteiger partial charge is 0.259 e. The molecule has 0 saturated heterocycles. The molecule has 2 aromatic rings. The van der Waals surface area contributed by atoms with Gasteiger partial charge in [-0.05, 0) is 46.3 Å². The molecule has 0 aliphatic heterocycles. The summed E-state index contributed by atoms with van der Waals surface area (Å²) in [5, 5.41) is 12.3. The van der Waals surface area contributed by atoms with E-state index in [2.05, 4.69) is 37.2 Å². The van der Waals surface area contributed by atoms with Gasteiger partial charge >= 0.3 is 0 Å². The number of benzene rings is 2. The topological polar surface area (TPSA) is 49.3 Å². The Labute approximate surface area is 125 Å². The predicted octanol–water partition coefficient (Wildman–Crippen LogP) is 4.31. The minimum absolute atomic E-state index is 0.0884. The zero-order valence-electron chi connectivity index (χ0n) is 9.45. The average Bonchev–Trinajstić information content (AvgIpc) is 2.33. The lowest BCUT2D eigenvalue weighted by molar-refractivity contribution is 0.102. The van der Waals surface area contributed by atoms with Crippen LogP contribution in [0.15, 0.2) is 45.3 Å². The van der Waals surface area contributed by atoms with Crippen LogP contribution in [0.4, 0.5) is 10.1 Å². The molecule has 0 fully saturated rings. The van der Waals surface area contributed by atoms with Gasteiger partial charge in [-0.2, -0.15) is 0 Å². The van der Waals surface area contributed by atoms with E-state index in [9.17, 15) is 14.3 Å². The molecule has 2 N–H and O–H groups in total. The minimum atomic E-state index is -0.523. The average molecular weight is 389 g/mol. The lowest BCUT2D eigenvalue weighted by Gasteiger charge is -2.08. The molecule has 0 radical (unpaired) electrons. The van der Waals surface area contributed by atoms with Crippen LogP contribution in [-0.2, 0) is 0 Å². The second-order valence-electron chi connectivity index (χ2n) is 3.75. The number of halogens is 3. The summed E-state index contributed by atoms with van der Waals surface area (Å²) in [7, 11) is 0. The number of hydrogen-bond donors (Lipinski definition) is 2. The number of phenols is 1. The van der Waals surface area contributed by atoms with E-state index >= 15 is 0 Å². The maximum atomic E-state index is 13.0. The van der Waals surface area contributed by atoms with Crippen LogP contribution in [-0.4, -0.2) is 11.0 Å². The van der Waals surface area contributed by atoms with E-state index in [1.807, 2.05) is 0 Å². The van der Waals surface area contributed by atoms with Crippen molar-refractivity contribution in [2.45, 2.75) is 0 Å². The van der Waals surface area contributed by atoms with Crippen molar-refractivity contribution in [3.8, 4) is 5.75 Å². The number of aromatic hydroxyl groups is 1. The van der Waals surface area contributed by atoms with Gasteiger partial charge < -0.3 is 10.4 Å². The summed E-state index contributed by atoms with van der Waals surface area (Å²) in [4.78, 5) is 12.0. The monoisotopic (exact) mass is 387 g/mol. The van der Waals surface area contributed by atoms with Crippen molar-refractivity contribution in [3.63, 3.8) is 0 Å². The van der Waals surface area contributed by atoms with Crippen molar-refractivity contribution in [2.24, 2.45) is 0 Å². The predicted molar refractivity (Wildman–Crippen MR) is 77.9 cm³/mol. The Balaban J connectivity index is 2.30. The quantitative estimate of drug-likeness (QED) is 0.805. The molecule has 0 spiro atoms. The number of rotatable bonds is 2. The maximum absolute atomic E-state index is 13.0. The molecule has 0 aliphatic rings. The summed E-state index contributed by atoms with van der Waals surface area (Å²) in [5.74, 6) is -1.14. The van der Waals surface area contributed by atoms with Gasteiger partial charge in [-0.15, -0.1) is 0 Å². The van der Waals surface area contributed by atoms with Crippen molar-refractivity contribution in [1.29, 1.82) is 0 Å². The van der Waals surface area contributed by atoms with E-state index in [0.29, 0.717) is 14.6 Å². The summed E-state index contributed by atoms with van der Waals surface area (Å²) in [6, 6.07) is 8.63. The molecule has 0 saturated carbocycles. The Kier molecular flexibility index (Phi) is 4.21. The van der Waals surface area contributed by atoms with Gasteiger partial charge in [0.25, 0.3) is 5.91 Å². The third-order valence-corrected chi connectivity index (χ3v) is 3.42. The Morgan fingerprint density at radius 1 is 1.21 bits per heavy atom. The van der Waals surface area contributed by atoms with E-state index in [1.165, 1.54) is 24.3 Å². The van der Waals surface area contributed by atoms with Crippen LogP contribution < -0.4 is 5.32 Å². The summed E-state index contributed by atoms with van der Waals surface area (Å²) >= 11 is 6.37. The SMILES string of the molecule is O=C(Nc1cccc(F)c1)c1cc(Br)cc(Br)c1O. The molecular weight excluding hydrogens is 381 g/mol. The number of amides is 1. The van der Waals surface area contributed by atoms with Gasteiger partial charge in [0, 0.05) is 10.2 Å². The first kappa shape index (κ1) is 14.0. The lowest BCUT2D eigenvalue weighted by Crippen LogP contribution is -2.12. The van der Waals surface area contributed by atoms with Gasteiger partial charge in [-0.3, -0.25) is 4.79 Å². The zero-order valence-corrected chi connectivity index (χ0v) is 12.6.